The van der Waals surface area contributed by atoms with Crippen LogP contribution in [0.5, 0.6) is 0 Å². The maximum absolute atomic E-state index is 12.1. The predicted molar refractivity (Wildman–Crippen MR) is 75.4 cm³/mol. The molecule has 112 valence electrons. The number of methoxy groups -OCH3 is 1. The summed E-state index contributed by atoms with van der Waals surface area (Å²) in [6.07, 6.45) is 0. The lowest BCUT2D eigenvalue weighted by atomic mass is 10.4. The minimum atomic E-state index is -0.462. The molecule has 0 unspecified atom stereocenters. The first-order valence-corrected chi connectivity index (χ1v) is 7.18. The van der Waals surface area contributed by atoms with Crippen LogP contribution in [0.3, 0.4) is 0 Å². The fraction of sp³-hybridized carbons (Fsp3) is 0.417. The van der Waals surface area contributed by atoms with Gasteiger partial charge in [-0.25, -0.2) is 0 Å². The monoisotopic (exact) mass is 309 g/mol. The summed E-state index contributed by atoms with van der Waals surface area (Å²) in [5.74, 6) is -0.247. The summed E-state index contributed by atoms with van der Waals surface area (Å²) in [6.45, 7) is 2.04. The average molecular weight is 309 g/mol. The van der Waals surface area contributed by atoms with E-state index in [0.717, 1.165) is 4.88 Å². The summed E-state index contributed by atoms with van der Waals surface area (Å²) in [4.78, 5) is 26.8. The highest BCUT2D eigenvalue weighted by molar-refractivity contribution is 7.13. The van der Waals surface area contributed by atoms with Crippen LogP contribution in [-0.2, 0) is 20.9 Å². The maximum Gasteiger partial charge on any atom is 0.325 e. The van der Waals surface area contributed by atoms with Crippen molar-refractivity contribution in [3.05, 3.63) is 17.5 Å². The smallest absolute Gasteiger partial charge is 0.325 e. The third-order valence-corrected chi connectivity index (χ3v) is 3.62. The van der Waals surface area contributed by atoms with Gasteiger partial charge < -0.3 is 9.64 Å². The number of nitrogens with zero attached hydrogens (tertiary/aromatic N) is 5. The molecule has 8 nitrogen and oxygen atoms in total. The van der Waals surface area contributed by atoms with E-state index in [1.54, 1.807) is 6.92 Å². The van der Waals surface area contributed by atoms with E-state index in [2.05, 4.69) is 20.1 Å². The van der Waals surface area contributed by atoms with Gasteiger partial charge in [-0.1, -0.05) is 6.07 Å². The zero-order chi connectivity index (χ0) is 15.2. The van der Waals surface area contributed by atoms with E-state index in [9.17, 15) is 9.59 Å². The van der Waals surface area contributed by atoms with Crippen LogP contribution >= 0.6 is 11.3 Å². The van der Waals surface area contributed by atoms with Crippen LogP contribution < -0.4 is 0 Å². The van der Waals surface area contributed by atoms with Crippen LogP contribution in [-0.4, -0.2) is 57.2 Å². The van der Waals surface area contributed by atoms with Crippen LogP contribution in [0.15, 0.2) is 17.5 Å². The SMILES string of the molecule is CCN(CC(=O)OC)C(=O)Cn1nnc(-c2cccs2)n1. The molecule has 0 radical (unpaired) electrons. The molecule has 21 heavy (non-hydrogen) atoms. The van der Waals surface area contributed by atoms with Crippen molar-refractivity contribution in [2.75, 3.05) is 20.2 Å². The maximum atomic E-state index is 12.1. The first kappa shape index (κ1) is 15.1. The molecule has 2 heterocycles. The molecule has 0 bridgehead atoms. The minimum Gasteiger partial charge on any atom is -0.468 e. The molecule has 0 N–H and O–H groups in total. The molecule has 0 aromatic carbocycles. The highest BCUT2D eigenvalue weighted by atomic mass is 32.1. The van der Waals surface area contributed by atoms with Gasteiger partial charge in [0.25, 0.3) is 0 Å². The number of rotatable bonds is 6. The Morgan fingerprint density at radius 3 is 2.90 bits per heavy atom. The number of amides is 1. The summed E-state index contributed by atoms with van der Waals surface area (Å²) in [6, 6.07) is 3.77. The third-order valence-electron chi connectivity index (χ3n) is 2.75. The number of ether oxygens (including phenoxy) is 1. The van der Waals surface area contributed by atoms with E-state index in [-0.39, 0.29) is 19.0 Å². The zero-order valence-corrected chi connectivity index (χ0v) is 12.5. The van der Waals surface area contributed by atoms with Crippen molar-refractivity contribution in [3.8, 4) is 10.7 Å². The Morgan fingerprint density at radius 2 is 2.29 bits per heavy atom. The molecule has 2 aromatic heterocycles. The molecule has 0 atom stereocenters. The Bertz CT molecular complexity index is 610. The molecule has 0 saturated heterocycles. The van der Waals surface area contributed by atoms with Crippen molar-refractivity contribution < 1.29 is 14.3 Å². The number of aromatic nitrogens is 4. The summed E-state index contributed by atoms with van der Waals surface area (Å²) < 4.78 is 4.55. The van der Waals surface area contributed by atoms with Gasteiger partial charge in [-0.05, 0) is 23.6 Å². The molecular weight excluding hydrogens is 294 g/mol. The van der Waals surface area contributed by atoms with Crippen LogP contribution in [0.2, 0.25) is 0 Å². The predicted octanol–water partition coefficient (Wildman–Crippen LogP) is 0.423. The molecule has 0 aliphatic heterocycles. The standard InChI is InChI=1S/C12H15N5O3S/c1-3-16(8-11(19)20-2)10(18)7-17-14-12(13-15-17)9-5-4-6-21-9/h4-6H,3,7-8H2,1-2H3. The lowest BCUT2D eigenvalue weighted by Crippen LogP contribution is -2.38. The highest BCUT2D eigenvalue weighted by Gasteiger charge is 2.18. The molecular formula is C12H15N5O3S. The minimum absolute atomic E-state index is 0.0663. The van der Waals surface area contributed by atoms with E-state index in [1.165, 1.54) is 28.1 Å². The number of likely N-dealkylation sites (N-methyl/N-ethyl adjacent to an activating group) is 1. The molecule has 0 aliphatic carbocycles. The van der Waals surface area contributed by atoms with Gasteiger partial charge in [0.1, 0.15) is 13.1 Å². The number of tetrazole rings is 1. The van der Waals surface area contributed by atoms with Crippen molar-refractivity contribution in [3.63, 3.8) is 0 Å². The molecule has 1 amide bonds. The number of hydrogen-bond donors (Lipinski definition) is 0. The van der Waals surface area contributed by atoms with Gasteiger partial charge in [0, 0.05) is 6.54 Å². The number of carbonyl (C=O) groups is 2. The van der Waals surface area contributed by atoms with Gasteiger partial charge in [0.2, 0.25) is 11.7 Å². The summed E-state index contributed by atoms with van der Waals surface area (Å²) in [5, 5.41) is 13.8. The van der Waals surface area contributed by atoms with E-state index in [1.807, 2.05) is 17.5 Å². The molecule has 0 saturated carbocycles. The Hall–Kier alpha value is -2.29. The zero-order valence-electron chi connectivity index (χ0n) is 11.7. The third kappa shape index (κ3) is 3.85. The van der Waals surface area contributed by atoms with Gasteiger partial charge in [-0.2, -0.15) is 4.80 Å². The van der Waals surface area contributed by atoms with Crippen molar-refractivity contribution in [1.29, 1.82) is 0 Å². The van der Waals surface area contributed by atoms with Gasteiger partial charge >= 0.3 is 5.97 Å². The van der Waals surface area contributed by atoms with Crippen molar-refractivity contribution >= 4 is 23.2 Å². The average Bonchev–Trinajstić information content (AvgIpc) is 3.14. The lowest BCUT2D eigenvalue weighted by molar-refractivity contribution is -0.147. The molecule has 2 aromatic rings. The van der Waals surface area contributed by atoms with Gasteiger partial charge in [-0.15, -0.1) is 21.5 Å². The largest absolute Gasteiger partial charge is 0.468 e. The first-order chi connectivity index (χ1) is 10.1. The Balaban J connectivity index is 2.00. The normalized spacial score (nSPS) is 10.4. The van der Waals surface area contributed by atoms with Crippen molar-refractivity contribution in [2.24, 2.45) is 0 Å². The van der Waals surface area contributed by atoms with E-state index in [0.29, 0.717) is 12.4 Å². The fourth-order valence-corrected chi connectivity index (χ4v) is 2.28. The Morgan fingerprint density at radius 1 is 1.48 bits per heavy atom. The molecule has 2 rings (SSSR count). The van der Waals surface area contributed by atoms with Crippen molar-refractivity contribution in [1.82, 2.24) is 25.1 Å². The van der Waals surface area contributed by atoms with Gasteiger partial charge in [-0.3, -0.25) is 9.59 Å². The fourth-order valence-electron chi connectivity index (χ4n) is 1.63. The Kier molecular flexibility index (Phi) is 4.99. The highest BCUT2D eigenvalue weighted by Crippen LogP contribution is 2.19. The quantitative estimate of drug-likeness (QED) is 0.719. The lowest BCUT2D eigenvalue weighted by Gasteiger charge is -2.18. The molecule has 0 fully saturated rings. The number of carbonyl (C=O) groups excluding carboxylic acids is 2. The Labute approximate surface area is 125 Å². The topological polar surface area (TPSA) is 90.2 Å². The number of thiophene rings is 1. The molecule has 0 spiro atoms. The molecule has 9 heteroatoms. The van der Waals surface area contributed by atoms with E-state index in [4.69, 9.17) is 0 Å². The van der Waals surface area contributed by atoms with Gasteiger partial charge in [0.05, 0.1) is 12.0 Å². The van der Waals surface area contributed by atoms with E-state index < -0.39 is 5.97 Å². The van der Waals surface area contributed by atoms with Crippen LogP contribution in [0.1, 0.15) is 6.92 Å². The van der Waals surface area contributed by atoms with Crippen molar-refractivity contribution in [2.45, 2.75) is 13.5 Å². The second-order valence-electron chi connectivity index (χ2n) is 4.10. The second-order valence-corrected chi connectivity index (χ2v) is 5.05. The van der Waals surface area contributed by atoms with Crippen LogP contribution in [0.25, 0.3) is 10.7 Å². The summed E-state index contributed by atoms with van der Waals surface area (Å²) >= 11 is 1.50. The van der Waals surface area contributed by atoms with Crippen LogP contribution in [0.4, 0.5) is 0 Å². The van der Waals surface area contributed by atoms with Gasteiger partial charge in [0.15, 0.2) is 0 Å². The van der Waals surface area contributed by atoms with E-state index >= 15 is 0 Å². The number of esters is 1. The summed E-state index contributed by atoms with van der Waals surface area (Å²) in [5.41, 5.74) is 0. The first-order valence-electron chi connectivity index (χ1n) is 6.30. The second kappa shape index (κ2) is 6.93. The molecule has 0 aliphatic rings. The van der Waals surface area contributed by atoms with Crippen LogP contribution in [0, 0.1) is 0 Å². The summed E-state index contributed by atoms with van der Waals surface area (Å²) in [7, 11) is 1.28. The number of hydrogen-bond acceptors (Lipinski definition) is 7.